The Bertz CT molecular complexity index is 1020. The normalized spacial score (nSPS) is 24.4. The summed E-state index contributed by atoms with van der Waals surface area (Å²) in [6.45, 7) is 2.00. The predicted molar refractivity (Wildman–Crippen MR) is 107 cm³/mol. The number of fused-ring (bicyclic) bond motifs is 3. The van der Waals surface area contributed by atoms with E-state index in [1.165, 1.54) is 18.2 Å². The summed E-state index contributed by atoms with van der Waals surface area (Å²) < 4.78 is 14.7. The van der Waals surface area contributed by atoms with Gasteiger partial charge < -0.3 is 19.9 Å². The second-order valence-electron chi connectivity index (χ2n) is 7.80. The van der Waals surface area contributed by atoms with Crippen LogP contribution in [0.4, 0.5) is 4.39 Å². The minimum absolute atomic E-state index is 0.153. The molecule has 8 heteroatoms. The molecule has 0 bridgehead atoms. The van der Waals surface area contributed by atoms with Crippen LogP contribution in [-0.4, -0.2) is 39.0 Å². The molecule has 2 aliphatic heterocycles. The second kappa shape index (κ2) is 8.02. The summed E-state index contributed by atoms with van der Waals surface area (Å²) in [5.41, 5.74) is 1.27. The van der Waals surface area contributed by atoms with Crippen LogP contribution in [0.25, 0.3) is 0 Å². The number of carbonyl (C=O) groups excluding carboxylic acids is 2. The predicted octanol–water partition coefficient (Wildman–Crippen LogP) is 1.20. The van der Waals surface area contributed by atoms with Crippen LogP contribution in [0.2, 0.25) is 0 Å². The van der Waals surface area contributed by atoms with Crippen molar-refractivity contribution in [3.63, 3.8) is 0 Å². The van der Waals surface area contributed by atoms with E-state index in [0.717, 1.165) is 5.56 Å². The van der Waals surface area contributed by atoms with Gasteiger partial charge >= 0.3 is 0 Å². The molecule has 1 aromatic heterocycles. The van der Waals surface area contributed by atoms with E-state index in [1.54, 1.807) is 40.7 Å². The smallest absolute Gasteiger partial charge is 0.250 e. The monoisotopic (exact) mass is 413 g/mol. The summed E-state index contributed by atoms with van der Waals surface area (Å²) in [6, 6.07) is 9.47. The van der Waals surface area contributed by atoms with Crippen LogP contribution in [0, 0.1) is 17.7 Å². The van der Waals surface area contributed by atoms with Crippen molar-refractivity contribution in [1.29, 1.82) is 0 Å². The van der Waals surface area contributed by atoms with Crippen molar-refractivity contribution in [3.05, 3.63) is 69.9 Å². The summed E-state index contributed by atoms with van der Waals surface area (Å²) in [5, 5.41) is 12.9. The third kappa shape index (κ3) is 3.31. The molecule has 2 N–H and O–H groups in total. The number of hydrogen-bond donors (Lipinski definition) is 2. The maximum absolute atomic E-state index is 13.1. The van der Waals surface area contributed by atoms with Crippen LogP contribution < -0.4 is 10.9 Å². The molecule has 2 amide bonds. The van der Waals surface area contributed by atoms with Crippen LogP contribution >= 0.6 is 0 Å². The Labute approximate surface area is 173 Å². The van der Waals surface area contributed by atoms with Gasteiger partial charge in [0.15, 0.2) is 0 Å². The lowest BCUT2D eigenvalue weighted by atomic mass is 9.88. The molecule has 0 aliphatic carbocycles. The molecule has 0 saturated carbocycles. The first-order valence-electron chi connectivity index (χ1n) is 10.1. The van der Waals surface area contributed by atoms with Gasteiger partial charge in [0, 0.05) is 49.7 Å². The van der Waals surface area contributed by atoms with Crippen molar-refractivity contribution in [2.24, 2.45) is 11.8 Å². The number of aliphatic hydroxyl groups is 1. The van der Waals surface area contributed by atoms with Gasteiger partial charge in [-0.1, -0.05) is 25.1 Å². The Morgan fingerprint density at radius 3 is 2.60 bits per heavy atom. The average molecular weight is 413 g/mol. The minimum Gasteiger partial charge on any atom is -0.396 e. The number of aromatic nitrogens is 1. The van der Waals surface area contributed by atoms with Crippen LogP contribution in [0.15, 0.2) is 47.3 Å². The number of amides is 2. The van der Waals surface area contributed by atoms with Gasteiger partial charge in [0.1, 0.15) is 11.9 Å². The van der Waals surface area contributed by atoms with E-state index >= 15 is 0 Å². The molecule has 0 spiro atoms. The standard InChI is InChI=1S/C22H24FN3O4/c1-2-18(28)26-20-15(11-25-17(20)4-3-5-19(25)29)16(12-27)21(26)22(30)24-10-13-6-8-14(23)9-7-13/h3-9,15-16,20-21,27H,2,10-12H2,1H3,(H,24,30)/t15-,16-,20+,21-/m1/s1. The van der Waals surface area contributed by atoms with Crippen LogP contribution in [0.1, 0.15) is 30.6 Å². The highest BCUT2D eigenvalue weighted by Crippen LogP contribution is 2.49. The largest absolute Gasteiger partial charge is 0.396 e. The molecule has 2 aromatic rings. The Balaban J connectivity index is 1.64. The molecule has 158 valence electrons. The number of likely N-dealkylation sites (tertiary alicyclic amines) is 1. The van der Waals surface area contributed by atoms with Crippen molar-refractivity contribution in [2.75, 3.05) is 6.61 Å². The molecule has 2 aliphatic rings. The van der Waals surface area contributed by atoms with E-state index < -0.39 is 18.0 Å². The molecular weight excluding hydrogens is 389 g/mol. The summed E-state index contributed by atoms with van der Waals surface area (Å²) in [6.07, 6.45) is 0.209. The zero-order valence-electron chi connectivity index (χ0n) is 16.6. The number of halogens is 1. The molecule has 4 rings (SSSR count). The van der Waals surface area contributed by atoms with Gasteiger partial charge in [-0.15, -0.1) is 0 Å². The molecule has 1 fully saturated rings. The Morgan fingerprint density at radius 1 is 1.20 bits per heavy atom. The van der Waals surface area contributed by atoms with Crippen LogP contribution in [-0.2, 0) is 22.7 Å². The van der Waals surface area contributed by atoms with Gasteiger partial charge in [0.2, 0.25) is 11.8 Å². The Kier molecular flexibility index (Phi) is 5.42. The van der Waals surface area contributed by atoms with E-state index in [0.29, 0.717) is 12.2 Å². The first-order chi connectivity index (χ1) is 14.5. The summed E-state index contributed by atoms with van der Waals surface area (Å²) in [7, 11) is 0. The quantitative estimate of drug-likeness (QED) is 0.771. The summed E-state index contributed by atoms with van der Waals surface area (Å²) >= 11 is 0. The Hall–Kier alpha value is -3.00. The van der Waals surface area contributed by atoms with Gasteiger partial charge in [-0.05, 0) is 23.8 Å². The van der Waals surface area contributed by atoms with E-state index in [2.05, 4.69) is 5.32 Å². The molecular formula is C22H24FN3O4. The number of nitrogens with zero attached hydrogens (tertiary/aromatic N) is 2. The Morgan fingerprint density at radius 2 is 1.93 bits per heavy atom. The first kappa shape index (κ1) is 20.3. The lowest BCUT2D eigenvalue weighted by molar-refractivity contribution is -0.141. The second-order valence-corrected chi connectivity index (χ2v) is 7.80. The topological polar surface area (TPSA) is 91.6 Å². The maximum Gasteiger partial charge on any atom is 0.250 e. The van der Waals surface area contributed by atoms with Crippen LogP contribution in [0.3, 0.4) is 0 Å². The van der Waals surface area contributed by atoms with Crippen molar-refractivity contribution in [3.8, 4) is 0 Å². The lowest BCUT2D eigenvalue weighted by Crippen LogP contribution is -2.50. The highest BCUT2D eigenvalue weighted by atomic mass is 19.1. The molecule has 1 aromatic carbocycles. The molecule has 0 radical (unpaired) electrons. The fourth-order valence-corrected chi connectivity index (χ4v) is 4.80. The summed E-state index contributed by atoms with van der Waals surface area (Å²) in [4.78, 5) is 39.8. The van der Waals surface area contributed by atoms with Crippen molar-refractivity contribution < 1.29 is 19.1 Å². The molecule has 30 heavy (non-hydrogen) atoms. The maximum atomic E-state index is 13.1. The zero-order valence-corrected chi connectivity index (χ0v) is 16.6. The number of benzene rings is 1. The minimum atomic E-state index is -0.832. The number of aliphatic hydroxyl groups excluding tert-OH is 1. The van der Waals surface area contributed by atoms with Gasteiger partial charge in [-0.2, -0.15) is 0 Å². The van der Waals surface area contributed by atoms with Crippen molar-refractivity contribution in [1.82, 2.24) is 14.8 Å². The van der Waals surface area contributed by atoms with Gasteiger partial charge in [0.25, 0.3) is 5.56 Å². The highest BCUT2D eigenvalue weighted by molar-refractivity contribution is 5.89. The van der Waals surface area contributed by atoms with E-state index in [-0.39, 0.29) is 48.7 Å². The van der Waals surface area contributed by atoms with Gasteiger partial charge in [-0.3, -0.25) is 14.4 Å². The van der Waals surface area contributed by atoms with Crippen LogP contribution in [0.5, 0.6) is 0 Å². The molecule has 3 heterocycles. The molecule has 7 nitrogen and oxygen atoms in total. The SMILES string of the molecule is CCC(=O)N1[C@@H]2c3cccc(=O)n3C[C@@H]2[C@@H](CO)[C@@H]1C(=O)NCc1ccc(F)cc1. The molecule has 1 saturated heterocycles. The number of rotatable bonds is 5. The average Bonchev–Trinajstić information content (AvgIpc) is 3.28. The van der Waals surface area contributed by atoms with E-state index in [4.69, 9.17) is 0 Å². The van der Waals surface area contributed by atoms with Gasteiger partial charge in [0.05, 0.1) is 6.04 Å². The fraction of sp³-hybridized carbons (Fsp3) is 0.409. The fourth-order valence-electron chi connectivity index (χ4n) is 4.80. The van der Waals surface area contributed by atoms with Gasteiger partial charge in [-0.25, -0.2) is 4.39 Å². The first-order valence-corrected chi connectivity index (χ1v) is 10.1. The lowest BCUT2D eigenvalue weighted by Gasteiger charge is -2.30. The molecule has 0 unspecified atom stereocenters. The highest BCUT2D eigenvalue weighted by Gasteiger charge is 2.56. The number of hydrogen-bond acceptors (Lipinski definition) is 4. The molecule has 4 atom stereocenters. The third-order valence-corrected chi connectivity index (χ3v) is 6.19. The van der Waals surface area contributed by atoms with Crippen molar-refractivity contribution >= 4 is 11.8 Å². The summed E-state index contributed by atoms with van der Waals surface area (Å²) in [5.74, 6) is -1.63. The number of pyridine rings is 1. The third-order valence-electron chi connectivity index (χ3n) is 6.19. The zero-order chi connectivity index (χ0) is 21.4. The number of nitrogens with one attached hydrogen (secondary N) is 1. The van der Waals surface area contributed by atoms with Crippen molar-refractivity contribution in [2.45, 2.75) is 38.5 Å². The van der Waals surface area contributed by atoms with E-state index in [9.17, 15) is 23.9 Å². The van der Waals surface area contributed by atoms with E-state index in [1.807, 2.05) is 0 Å². The number of carbonyl (C=O) groups is 2.